The molecule has 4 rings (SSSR count). The highest BCUT2D eigenvalue weighted by molar-refractivity contribution is 5.79. The molecule has 0 radical (unpaired) electrons. The number of methoxy groups -OCH3 is 3. The third kappa shape index (κ3) is 5.06. The molecule has 0 unspecified atom stereocenters. The van der Waals surface area contributed by atoms with Gasteiger partial charge in [0.15, 0.2) is 11.5 Å². The van der Waals surface area contributed by atoms with Crippen LogP contribution in [0.2, 0.25) is 0 Å². The first-order valence-electron chi connectivity index (χ1n) is 11.0. The second-order valence-electron chi connectivity index (χ2n) is 7.91. The van der Waals surface area contributed by atoms with E-state index in [2.05, 4.69) is 0 Å². The van der Waals surface area contributed by atoms with Gasteiger partial charge in [0.1, 0.15) is 18.1 Å². The summed E-state index contributed by atoms with van der Waals surface area (Å²) in [6, 6.07) is 21.0. The molecule has 3 aromatic carbocycles. The lowest BCUT2D eigenvalue weighted by Crippen LogP contribution is -2.43. The Morgan fingerprint density at radius 2 is 1.55 bits per heavy atom. The second-order valence-corrected chi connectivity index (χ2v) is 7.91. The summed E-state index contributed by atoms with van der Waals surface area (Å²) in [5, 5.41) is 0. The molecule has 0 saturated carbocycles. The Hall–Kier alpha value is -3.67. The lowest BCUT2D eigenvalue weighted by atomic mass is 9.91. The van der Waals surface area contributed by atoms with Gasteiger partial charge in [0.25, 0.3) is 0 Å². The molecule has 1 heterocycles. The number of hydrogen-bond acceptors (Lipinski definition) is 5. The number of rotatable bonds is 8. The number of fused-ring (bicyclic) bond motifs is 1. The van der Waals surface area contributed by atoms with Crippen LogP contribution in [0, 0.1) is 0 Å². The van der Waals surface area contributed by atoms with Gasteiger partial charge in [-0.1, -0.05) is 30.3 Å². The molecule has 172 valence electrons. The number of ether oxygens (including phenoxy) is 4. The van der Waals surface area contributed by atoms with Crippen molar-refractivity contribution in [1.82, 2.24) is 4.90 Å². The van der Waals surface area contributed by atoms with E-state index in [-0.39, 0.29) is 11.9 Å². The van der Waals surface area contributed by atoms with E-state index in [4.69, 9.17) is 18.9 Å². The average Bonchev–Trinajstić information content (AvgIpc) is 2.87. The Bertz CT molecular complexity index is 1080. The van der Waals surface area contributed by atoms with E-state index in [1.807, 2.05) is 71.6 Å². The summed E-state index contributed by atoms with van der Waals surface area (Å²) in [7, 11) is 4.88. The Morgan fingerprint density at radius 3 is 2.21 bits per heavy atom. The Labute approximate surface area is 194 Å². The van der Waals surface area contributed by atoms with Crippen LogP contribution < -0.4 is 18.9 Å². The number of hydrogen-bond donors (Lipinski definition) is 0. The van der Waals surface area contributed by atoms with Crippen LogP contribution >= 0.6 is 0 Å². The molecule has 1 aliphatic rings. The molecule has 1 atom stereocenters. The molecular formula is C27H29NO5. The lowest BCUT2D eigenvalue weighted by molar-refractivity contribution is -0.134. The number of nitrogens with zero attached hydrogens (tertiary/aromatic N) is 1. The highest BCUT2D eigenvalue weighted by atomic mass is 16.5. The summed E-state index contributed by atoms with van der Waals surface area (Å²) < 4.78 is 22.4. The monoisotopic (exact) mass is 447 g/mol. The average molecular weight is 448 g/mol. The van der Waals surface area contributed by atoms with Crippen molar-refractivity contribution < 1.29 is 23.7 Å². The van der Waals surface area contributed by atoms with Gasteiger partial charge in [-0.05, 0) is 59.5 Å². The van der Waals surface area contributed by atoms with Gasteiger partial charge in [-0.2, -0.15) is 0 Å². The van der Waals surface area contributed by atoms with Gasteiger partial charge in [0.2, 0.25) is 5.91 Å². The summed E-state index contributed by atoms with van der Waals surface area (Å²) in [6.07, 6.45) is 1.09. The molecule has 6 nitrogen and oxygen atoms in total. The van der Waals surface area contributed by atoms with E-state index in [1.54, 1.807) is 21.3 Å². The second kappa shape index (κ2) is 10.3. The largest absolute Gasteiger partial charge is 0.497 e. The SMILES string of the molecule is COc1ccc(OC[C@H]2c3cc(OC)c(OC)cc3CCN2C(=O)Cc2ccccc2)cc1. The van der Waals surface area contributed by atoms with Crippen molar-refractivity contribution >= 4 is 5.91 Å². The zero-order valence-electron chi connectivity index (χ0n) is 19.2. The van der Waals surface area contributed by atoms with E-state index in [1.165, 1.54) is 0 Å². The van der Waals surface area contributed by atoms with Gasteiger partial charge < -0.3 is 23.8 Å². The van der Waals surface area contributed by atoms with E-state index >= 15 is 0 Å². The molecular weight excluding hydrogens is 418 g/mol. The van der Waals surface area contributed by atoms with Crippen molar-refractivity contribution in [2.45, 2.75) is 18.9 Å². The van der Waals surface area contributed by atoms with Crippen LogP contribution in [0.4, 0.5) is 0 Å². The maximum Gasteiger partial charge on any atom is 0.227 e. The first-order valence-corrected chi connectivity index (χ1v) is 11.0. The molecule has 0 bridgehead atoms. The minimum Gasteiger partial charge on any atom is -0.497 e. The lowest BCUT2D eigenvalue weighted by Gasteiger charge is -2.37. The maximum atomic E-state index is 13.4. The van der Waals surface area contributed by atoms with Crippen LogP contribution in [0.3, 0.4) is 0 Å². The van der Waals surface area contributed by atoms with Gasteiger partial charge in [0, 0.05) is 6.54 Å². The molecule has 0 aliphatic carbocycles. The third-order valence-electron chi connectivity index (χ3n) is 5.99. The number of carbonyl (C=O) groups is 1. The van der Waals surface area contributed by atoms with Gasteiger partial charge >= 0.3 is 0 Å². The van der Waals surface area contributed by atoms with Crippen molar-refractivity contribution in [3.8, 4) is 23.0 Å². The van der Waals surface area contributed by atoms with E-state index in [0.29, 0.717) is 31.1 Å². The first kappa shape index (κ1) is 22.5. The van der Waals surface area contributed by atoms with Gasteiger partial charge in [-0.15, -0.1) is 0 Å². The standard InChI is InChI=1S/C27H29NO5/c1-30-21-9-11-22(12-10-21)33-18-24-23-17-26(32-3)25(31-2)16-20(23)13-14-28(24)27(29)15-19-7-5-4-6-8-19/h4-12,16-17,24H,13-15,18H2,1-3H3/t24-/m0/s1. The zero-order chi connectivity index (χ0) is 23.2. The molecule has 3 aromatic rings. The molecule has 0 saturated heterocycles. The summed E-state index contributed by atoms with van der Waals surface area (Å²) in [4.78, 5) is 15.3. The summed E-state index contributed by atoms with van der Waals surface area (Å²) in [5.74, 6) is 2.89. The molecule has 33 heavy (non-hydrogen) atoms. The summed E-state index contributed by atoms with van der Waals surface area (Å²) in [6.45, 7) is 0.945. The normalized spacial score (nSPS) is 14.9. The molecule has 0 aromatic heterocycles. The third-order valence-corrected chi connectivity index (χ3v) is 5.99. The first-order chi connectivity index (χ1) is 16.1. The zero-order valence-corrected chi connectivity index (χ0v) is 19.2. The quantitative estimate of drug-likeness (QED) is 0.510. The van der Waals surface area contributed by atoms with Crippen LogP contribution in [0.15, 0.2) is 66.7 Å². The molecule has 0 spiro atoms. The Kier molecular flexibility index (Phi) is 7.03. The van der Waals surface area contributed by atoms with Gasteiger partial charge in [0.05, 0.1) is 33.8 Å². The topological polar surface area (TPSA) is 57.2 Å². The van der Waals surface area contributed by atoms with Crippen LogP contribution in [-0.4, -0.2) is 45.3 Å². The molecule has 0 N–H and O–H groups in total. The van der Waals surface area contributed by atoms with E-state index in [0.717, 1.165) is 34.6 Å². The Balaban J connectivity index is 1.63. The van der Waals surface area contributed by atoms with Gasteiger partial charge in [-0.25, -0.2) is 0 Å². The number of benzene rings is 3. The van der Waals surface area contributed by atoms with Crippen LogP contribution in [-0.2, 0) is 17.6 Å². The minimum atomic E-state index is -0.244. The number of amides is 1. The van der Waals surface area contributed by atoms with Crippen molar-refractivity contribution in [3.05, 3.63) is 83.4 Å². The minimum absolute atomic E-state index is 0.0740. The van der Waals surface area contributed by atoms with Crippen molar-refractivity contribution in [2.75, 3.05) is 34.5 Å². The Morgan fingerprint density at radius 1 is 0.879 bits per heavy atom. The summed E-state index contributed by atoms with van der Waals surface area (Å²) >= 11 is 0. The fraction of sp³-hybridized carbons (Fsp3) is 0.296. The summed E-state index contributed by atoms with van der Waals surface area (Å²) in [5.41, 5.74) is 3.16. The van der Waals surface area contributed by atoms with Crippen molar-refractivity contribution in [2.24, 2.45) is 0 Å². The molecule has 1 amide bonds. The fourth-order valence-electron chi connectivity index (χ4n) is 4.23. The van der Waals surface area contributed by atoms with Gasteiger partial charge in [-0.3, -0.25) is 4.79 Å². The highest BCUT2D eigenvalue weighted by Crippen LogP contribution is 2.38. The predicted molar refractivity (Wildman–Crippen MR) is 126 cm³/mol. The van der Waals surface area contributed by atoms with E-state index < -0.39 is 0 Å². The fourth-order valence-corrected chi connectivity index (χ4v) is 4.23. The predicted octanol–water partition coefficient (Wildman–Crippen LogP) is 4.46. The van der Waals surface area contributed by atoms with Crippen LogP contribution in [0.25, 0.3) is 0 Å². The molecule has 0 fully saturated rings. The van der Waals surface area contributed by atoms with Crippen molar-refractivity contribution in [1.29, 1.82) is 0 Å². The van der Waals surface area contributed by atoms with Crippen LogP contribution in [0.5, 0.6) is 23.0 Å². The number of carbonyl (C=O) groups excluding carboxylic acids is 1. The smallest absolute Gasteiger partial charge is 0.227 e. The molecule has 1 aliphatic heterocycles. The maximum absolute atomic E-state index is 13.4. The highest BCUT2D eigenvalue weighted by Gasteiger charge is 2.32. The van der Waals surface area contributed by atoms with Crippen LogP contribution in [0.1, 0.15) is 22.7 Å². The van der Waals surface area contributed by atoms with Crippen molar-refractivity contribution in [3.63, 3.8) is 0 Å². The molecule has 6 heteroatoms. The van der Waals surface area contributed by atoms with E-state index in [9.17, 15) is 4.79 Å².